The Balaban J connectivity index is 2.19. The summed E-state index contributed by atoms with van der Waals surface area (Å²) in [5.41, 5.74) is 0.694. The molecular formula is C15H21NO3S. The van der Waals surface area contributed by atoms with Crippen LogP contribution >= 0.6 is 0 Å². The minimum Gasteiger partial charge on any atom is -0.292 e. The maximum absolute atomic E-state index is 12.6. The minimum absolute atomic E-state index is 0.0826. The standard InChI is InChI=1S/C15H21NO3S/c1-3-14(15(17)13-7-5-4-6-8-13)16-9-10-20(18,19)11-12(16)2/h4-8,12,14H,3,9-11H2,1-2H3. The van der Waals surface area contributed by atoms with Crippen LogP contribution in [0.1, 0.15) is 30.6 Å². The molecule has 0 aromatic heterocycles. The van der Waals surface area contributed by atoms with E-state index < -0.39 is 9.84 Å². The van der Waals surface area contributed by atoms with Gasteiger partial charge in [-0.2, -0.15) is 0 Å². The topological polar surface area (TPSA) is 54.5 Å². The summed E-state index contributed by atoms with van der Waals surface area (Å²) in [4.78, 5) is 14.6. The number of sulfone groups is 1. The maximum atomic E-state index is 12.6. The number of hydrogen-bond donors (Lipinski definition) is 0. The van der Waals surface area contributed by atoms with E-state index in [1.165, 1.54) is 0 Å². The molecule has 5 heteroatoms. The Hall–Kier alpha value is -1.20. The van der Waals surface area contributed by atoms with E-state index >= 15 is 0 Å². The van der Waals surface area contributed by atoms with Crippen molar-refractivity contribution in [1.82, 2.24) is 4.90 Å². The van der Waals surface area contributed by atoms with Gasteiger partial charge < -0.3 is 0 Å². The molecule has 1 fully saturated rings. The molecule has 0 amide bonds. The average Bonchev–Trinajstić information content (AvgIpc) is 2.42. The Labute approximate surface area is 120 Å². The Bertz CT molecular complexity index is 568. The van der Waals surface area contributed by atoms with Crippen molar-refractivity contribution < 1.29 is 13.2 Å². The highest BCUT2D eigenvalue weighted by Crippen LogP contribution is 2.20. The third kappa shape index (κ3) is 3.27. The van der Waals surface area contributed by atoms with Crippen molar-refractivity contribution in [2.45, 2.75) is 32.4 Å². The minimum atomic E-state index is -2.95. The fraction of sp³-hybridized carbons (Fsp3) is 0.533. The van der Waals surface area contributed by atoms with E-state index in [9.17, 15) is 13.2 Å². The second-order valence-corrected chi connectivity index (χ2v) is 7.58. The fourth-order valence-electron chi connectivity index (χ4n) is 2.84. The normalized spacial score (nSPS) is 24.2. The third-order valence-electron chi connectivity index (χ3n) is 3.87. The summed E-state index contributed by atoms with van der Waals surface area (Å²) in [5.74, 6) is 0.376. The molecule has 1 saturated heterocycles. The lowest BCUT2D eigenvalue weighted by molar-refractivity contribution is 0.0760. The van der Waals surface area contributed by atoms with Gasteiger partial charge in [-0.05, 0) is 13.3 Å². The first-order chi connectivity index (χ1) is 9.44. The average molecular weight is 295 g/mol. The van der Waals surface area contributed by atoms with Crippen LogP contribution in [0.15, 0.2) is 30.3 Å². The highest BCUT2D eigenvalue weighted by Gasteiger charge is 2.35. The van der Waals surface area contributed by atoms with Crippen LogP contribution in [0.25, 0.3) is 0 Å². The van der Waals surface area contributed by atoms with Gasteiger partial charge in [0.2, 0.25) is 0 Å². The molecule has 2 unspecified atom stereocenters. The van der Waals surface area contributed by atoms with Gasteiger partial charge in [-0.3, -0.25) is 9.69 Å². The first-order valence-electron chi connectivity index (χ1n) is 7.00. The number of nitrogens with zero attached hydrogens (tertiary/aromatic N) is 1. The maximum Gasteiger partial charge on any atom is 0.179 e. The molecule has 1 aromatic rings. The summed E-state index contributed by atoms with van der Waals surface area (Å²) in [6.07, 6.45) is 0.693. The molecule has 0 bridgehead atoms. The smallest absolute Gasteiger partial charge is 0.179 e. The molecule has 0 N–H and O–H groups in total. The Morgan fingerprint density at radius 1 is 1.35 bits per heavy atom. The summed E-state index contributed by atoms with van der Waals surface area (Å²) >= 11 is 0. The zero-order valence-corrected chi connectivity index (χ0v) is 12.8. The predicted molar refractivity (Wildman–Crippen MR) is 79.7 cm³/mol. The van der Waals surface area contributed by atoms with Gasteiger partial charge in [0.1, 0.15) is 0 Å². The fourth-order valence-corrected chi connectivity index (χ4v) is 4.42. The second kappa shape index (κ2) is 6.06. The summed E-state index contributed by atoms with van der Waals surface area (Å²) in [6.45, 7) is 4.31. The van der Waals surface area contributed by atoms with Crippen LogP contribution in [0, 0.1) is 0 Å². The molecule has 0 spiro atoms. The SMILES string of the molecule is CCC(C(=O)c1ccccc1)N1CCS(=O)(=O)CC1C. The van der Waals surface area contributed by atoms with E-state index in [-0.39, 0.29) is 29.4 Å². The zero-order valence-electron chi connectivity index (χ0n) is 12.0. The summed E-state index contributed by atoms with van der Waals surface area (Å²) in [5, 5.41) is 0. The van der Waals surface area contributed by atoms with E-state index in [0.29, 0.717) is 18.5 Å². The zero-order chi connectivity index (χ0) is 14.8. The van der Waals surface area contributed by atoms with Crippen LogP contribution in [0.2, 0.25) is 0 Å². The Morgan fingerprint density at radius 2 is 2.00 bits per heavy atom. The predicted octanol–water partition coefficient (Wildman–Crippen LogP) is 1.77. The van der Waals surface area contributed by atoms with Crippen LogP contribution < -0.4 is 0 Å². The summed E-state index contributed by atoms with van der Waals surface area (Å²) in [6, 6.07) is 8.88. The number of ketones is 1. The molecule has 0 aliphatic carbocycles. The largest absolute Gasteiger partial charge is 0.292 e. The van der Waals surface area contributed by atoms with Crippen LogP contribution in [0.5, 0.6) is 0 Å². The van der Waals surface area contributed by atoms with E-state index in [4.69, 9.17) is 0 Å². The van der Waals surface area contributed by atoms with Crippen molar-refractivity contribution in [1.29, 1.82) is 0 Å². The second-order valence-electron chi connectivity index (χ2n) is 5.36. The van der Waals surface area contributed by atoms with Gasteiger partial charge in [0.05, 0.1) is 17.5 Å². The third-order valence-corrected chi connectivity index (χ3v) is 5.66. The lowest BCUT2D eigenvalue weighted by Gasteiger charge is -2.38. The van der Waals surface area contributed by atoms with E-state index in [1.807, 2.05) is 49.1 Å². The Morgan fingerprint density at radius 3 is 2.55 bits per heavy atom. The first kappa shape index (κ1) is 15.2. The lowest BCUT2D eigenvalue weighted by atomic mass is 9.99. The highest BCUT2D eigenvalue weighted by atomic mass is 32.2. The van der Waals surface area contributed by atoms with Crippen LogP contribution in [0.3, 0.4) is 0 Å². The number of Topliss-reactive ketones (excluding diaryl/α,β-unsaturated/α-hetero) is 1. The van der Waals surface area contributed by atoms with Crippen molar-refractivity contribution in [3.05, 3.63) is 35.9 Å². The molecule has 0 saturated carbocycles. The highest BCUT2D eigenvalue weighted by molar-refractivity contribution is 7.91. The molecule has 0 radical (unpaired) electrons. The van der Waals surface area contributed by atoms with Crippen LogP contribution in [0.4, 0.5) is 0 Å². The van der Waals surface area contributed by atoms with Gasteiger partial charge in [0.25, 0.3) is 0 Å². The monoisotopic (exact) mass is 295 g/mol. The number of hydrogen-bond acceptors (Lipinski definition) is 4. The molecular weight excluding hydrogens is 274 g/mol. The Kier molecular flexibility index (Phi) is 4.60. The van der Waals surface area contributed by atoms with Crippen molar-refractivity contribution in [3.63, 3.8) is 0 Å². The van der Waals surface area contributed by atoms with Gasteiger partial charge in [0.15, 0.2) is 15.6 Å². The van der Waals surface area contributed by atoms with Crippen LogP contribution in [-0.4, -0.2) is 49.2 Å². The summed E-state index contributed by atoms with van der Waals surface area (Å²) in [7, 11) is -2.95. The van der Waals surface area contributed by atoms with Gasteiger partial charge in [-0.1, -0.05) is 37.3 Å². The number of benzene rings is 1. The molecule has 2 atom stereocenters. The molecule has 20 heavy (non-hydrogen) atoms. The van der Waals surface area contributed by atoms with Crippen molar-refractivity contribution in [3.8, 4) is 0 Å². The molecule has 2 rings (SSSR count). The van der Waals surface area contributed by atoms with E-state index in [1.54, 1.807) is 0 Å². The van der Waals surface area contributed by atoms with Crippen LogP contribution in [-0.2, 0) is 9.84 Å². The first-order valence-corrected chi connectivity index (χ1v) is 8.82. The molecule has 1 aliphatic heterocycles. The van der Waals surface area contributed by atoms with Gasteiger partial charge in [0, 0.05) is 18.2 Å². The quantitative estimate of drug-likeness (QED) is 0.794. The molecule has 1 aliphatic rings. The van der Waals surface area contributed by atoms with Crippen molar-refractivity contribution in [2.75, 3.05) is 18.1 Å². The van der Waals surface area contributed by atoms with E-state index in [2.05, 4.69) is 0 Å². The van der Waals surface area contributed by atoms with Crippen molar-refractivity contribution >= 4 is 15.6 Å². The molecule has 1 heterocycles. The van der Waals surface area contributed by atoms with Gasteiger partial charge >= 0.3 is 0 Å². The van der Waals surface area contributed by atoms with Gasteiger partial charge in [-0.25, -0.2) is 8.42 Å². The molecule has 110 valence electrons. The van der Waals surface area contributed by atoms with Crippen molar-refractivity contribution in [2.24, 2.45) is 0 Å². The summed E-state index contributed by atoms with van der Waals surface area (Å²) < 4.78 is 23.3. The molecule has 4 nitrogen and oxygen atoms in total. The van der Waals surface area contributed by atoms with E-state index in [0.717, 1.165) is 0 Å². The van der Waals surface area contributed by atoms with Gasteiger partial charge in [-0.15, -0.1) is 0 Å². The lowest BCUT2D eigenvalue weighted by Crippen LogP contribution is -2.54. The number of rotatable bonds is 4. The number of carbonyl (C=O) groups excluding carboxylic acids is 1. The number of carbonyl (C=O) groups is 1. The molecule has 1 aromatic carbocycles.